The maximum atomic E-state index is 13.4. The molecule has 10 heteroatoms. The molecule has 1 amide bonds. The third-order valence-electron chi connectivity index (χ3n) is 7.10. The van der Waals surface area contributed by atoms with Gasteiger partial charge in [-0.2, -0.15) is 13.2 Å². The van der Waals surface area contributed by atoms with Gasteiger partial charge < -0.3 is 19.9 Å². The van der Waals surface area contributed by atoms with Crippen molar-refractivity contribution in [2.45, 2.75) is 70.4 Å². The van der Waals surface area contributed by atoms with Gasteiger partial charge in [-0.1, -0.05) is 35.9 Å². The molecule has 1 fully saturated rings. The minimum absolute atomic E-state index is 0.00326. The number of ether oxygens (including phenoxy) is 1. The molecule has 0 saturated carbocycles. The van der Waals surface area contributed by atoms with Gasteiger partial charge in [0.05, 0.1) is 11.1 Å². The summed E-state index contributed by atoms with van der Waals surface area (Å²) < 4.78 is 43.4. The van der Waals surface area contributed by atoms with E-state index in [2.05, 4.69) is 24.1 Å². The summed E-state index contributed by atoms with van der Waals surface area (Å²) in [5, 5.41) is 4.42. The Kier molecular flexibility index (Phi) is 8.37. The fourth-order valence-corrected chi connectivity index (χ4v) is 5.33. The molecule has 204 valence electrons. The number of aromatic nitrogens is 1. The Balaban J connectivity index is 1.48. The minimum Gasteiger partial charge on any atom is -0.449 e. The normalized spacial score (nSPS) is 19.5. The number of fused-ring (bicyclic) bond motifs is 1. The van der Waals surface area contributed by atoms with Crippen LogP contribution < -0.4 is 5.32 Å². The second kappa shape index (κ2) is 11.4. The van der Waals surface area contributed by atoms with E-state index in [9.17, 15) is 22.8 Å². The second-order valence-corrected chi connectivity index (χ2v) is 10.4. The van der Waals surface area contributed by atoms with Gasteiger partial charge in [0, 0.05) is 41.3 Å². The first-order chi connectivity index (χ1) is 18.0. The van der Waals surface area contributed by atoms with Gasteiger partial charge in [0.1, 0.15) is 6.10 Å². The van der Waals surface area contributed by atoms with Crippen LogP contribution in [0.3, 0.4) is 0 Å². The van der Waals surface area contributed by atoms with Crippen molar-refractivity contribution >= 4 is 34.4 Å². The van der Waals surface area contributed by atoms with E-state index in [1.54, 1.807) is 18.2 Å². The second-order valence-electron chi connectivity index (χ2n) is 9.99. The molecule has 2 heterocycles. The molecule has 38 heavy (non-hydrogen) atoms. The van der Waals surface area contributed by atoms with Crippen LogP contribution >= 0.6 is 11.6 Å². The first-order valence-corrected chi connectivity index (χ1v) is 13.0. The van der Waals surface area contributed by atoms with Crippen molar-refractivity contribution in [2.75, 3.05) is 6.54 Å². The summed E-state index contributed by atoms with van der Waals surface area (Å²) >= 11 is 6.01. The first-order valence-electron chi connectivity index (χ1n) is 12.6. The highest BCUT2D eigenvalue weighted by Crippen LogP contribution is 2.30. The van der Waals surface area contributed by atoms with Crippen LogP contribution in [0, 0.1) is 0 Å². The van der Waals surface area contributed by atoms with Crippen molar-refractivity contribution in [3.63, 3.8) is 0 Å². The lowest BCUT2D eigenvalue weighted by molar-refractivity contribution is -0.205. The highest BCUT2D eigenvalue weighted by atomic mass is 35.5. The largest absolute Gasteiger partial charge is 0.490 e. The number of amides is 1. The molecule has 0 unspecified atom stereocenters. The topological polar surface area (TPSA) is 74.4 Å². The molecule has 0 spiro atoms. The van der Waals surface area contributed by atoms with Gasteiger partial charge in [-0.25, -0.2) is 4.79 Å². The zero-order valence-corrected chi connectivity index (χ0v) is 22.2. The van der Waals surface area contributed by atoms with Crippen molar-refractivity contribution in [3.8, 4) is 0 Å². The number of nitrogens with one attached hydrogen (secondary N) is 2. The highest BCUT2D eigenvalue weighted by Gasteiger charge is 2.42. The molecular weight excluding hydrogens is 519 g/mol. The summed E-state index contributed by atoms with van der Waals surface area (Å²) in [6, 6.07) is 12.0. The number of alkyl halides is 3. The Bertz CT molecular complexity index is 1300. The lowest BCUT2D eigenvalue weighted by Gasteiger charge is -2.26. The summed E-state index contributed by atoms with van der Waals surface area (Å²) in [7, 11) is 0. The van der Waals surface area contributed by atoms with E-state index < -0.39 is 18.2 Å². The standard InChI is InChI=1S/C28H31ClF3N3O3/c1-16(33-15-24(38-27(37)28(30,31)32)19-6-4-7-21(29)13-19)12-20-14-34-25-22(20)8-5-9-23(25)26(36)35-17(2)10-11-18(35)3/h4-9,13-14,16-18,24,33-34H,10-12,15H2,1-3H3/t16-,17-,18-,24+/m1/s1. The molecule has 0 radical (unpaired) electrons. The number of carbonyl (C=O) groups excluding carboxylic acids is 2. The number of rotatable bonds is 8. The number of hydrogen-bond donors (Lipinski definition) is 2. The smallest absolute Gasteiger partial charge is 0.449 e. The van der Waals surface area contributed by atoms with E-state index in [0.717, 1.165) is 29.3 Å². The molecule has 1 aromatic heterocycles. The third kappa shape index (κ3) is 6.15. The van der Waals surface area contributed by atoms with E-state index >= 15 is 0 Å². The van der Waals surface area contributed by atoms with E-state index in [1.165, 1.54) is 6.07 Å². The molecule has 6 nitrogen and oxygen atoms in total. The number of benzene rings is 2. The summed E-state index contributed by atoms with van der Waals surface area (Å²) in [6.45, 7) is 5.98. The van der Waals surface area contributed by atoms with Crippen molar-refractivity contribution < 1.29 is 27.5 Å². The summed E-state index contributed by atoms with van der Waals surface area (Å²) in [6.07, 6.45) is -1.93. The predicted molar refractivity (Wildman–Crippen MR) is 140 cm³/mol. The number of hydrogen-bond acceptors (Lipinski definition) is 4. The zero-order chi connectivity index (χ0) is 27.6. The van der Waals surface area contributed by atoms with Crippen LogP contribution in [0.15, 0.2) is 48.7 Å². The zero-order valence-electron chi connectivity index (χ0n) is 21.4. The minimum atomic E-state index is -5.10. The molecule has 1 aliphatic rings. The quantitative estimate of drug-likeness (QED) is 0.328. The lowest BCUT2D eigenvalue weighted by Crippen LogP contribution is -2.38. The number of nitrogens with zero attached hydrogens (tertiary/aromatic N) is 1. The number of carbonyl (C=O) groups is 2. The van der Waals surface area contributed by atoms with Crippen LogP contribution in [-0.2, 0) is 16.0 Å². The number of aromatic amines is 1. The molecule has 3 aromatic rings. The van der Waals surface area contributed by atoms with Crippen molar-refractivity contribution in [1.29, 1.82) is 0 Å². The lowest BCUT2D eigenvalue weighted by atomic mass is 10.0. The van der Waals surface area contributed by atoms with Gasteiger partial charge in [-0.05, 0) is 69.4 Å². The molecule has 0 bridgehead atoms. The molecule has 2 N–H and O–H groups in total. The van der Waals surface area contributed by atoms with E-state index in [4.69, 9.17) is 16.3 Å². The van der Waals surface area contributed by atoms with Gasteiger partial charge in [0.25, 0.3) is 5.91 Å². The van der Waals surface area contributed by atoms with Crippen LogP contribution in [-0.4, -0.2) is 52.6 Å². The van der Waals surface area contributed by atoms with Crippen molar-refractivity contribution in [3.05, 3.63) is 70.4 Å². The summed E-state index contributed by atoms with van der Waals surface area (Å²) in [5.74, 6) is -2.25. The summed E-state index contributed by atoms with van der Waals surface area (Å²) in [5.41, 5.74) is 2.70. The first kappa shape index (κ1) is 28.0. The van der Waals surface area contributed by atoms with Crippen molar-refractivity contribution in [2.24, 2.45) is 0 Å². The third-order valence-corrected chi connectivity index (χ3v) is 7.33. The van der Waals surface area contributed by atoms with Crippen molar-refractivity contribution in [1.82, 2.24) is 15.2 Å². The van der Waals surface area contributed by atoms with E-state index in [1.807, 2.05) is 36.2 Å². The monoisotopic (exact) mass is 549 g/mol. The Labute approximate surface area is 224 Å². The average molecular weight is 550 g/mol. The van der Waals surface area contributed by atoms with E-state index in [-0.39, 0.29) is 30.6 Å². The maximum Gasteiger partial charge on any atom is 0.490 e. The molecule has 1 aliphatic heterocycles. The van der Waals surface area contributed by atoms with Gasteiger partial charge in [-0.3, -0.25) is 4.79 Å². The molecular formula is C28H31ClF3N3O3. The van der Waals surface area contributed by atoms with Crippen LogP contribution in [0.25, 0.3) is 10.9 Å². The number of esters is 1. The SMILES string of the molecule is C[C@H](Cc1c[nH]c2c(C(=O)N3[C@H](C)CC[C@H]3C)cccc12)NC[C@H](OC(=O)C(F)(F)F)c1cccc(Cl)c1. The molecule has 4 atom stereocenters. The van der Waals surface area contributed by atoms with Crippen LogP contribution in [0.5, 0.6) is 0 Å². The Morgan fingerprint density at radius 1 is 1.16 bits per heavy atom. The van der Waals surface area contributed by atoms with Crippen LogP contribution in [0.1, 0.15) is 61.2 Å². The fourth-order valence-electron chi connectivity index (χ4n) is 5.13. The molecule has 1 saturated heterocycles. The predicted octanol–water partition coefficient (Wildman–Crippen LogP) is 6.20. The van der Waals surface area contributed by atoms with Gasteiger partial charge in [0.2, 0.25) is 0 Å². The van der Waals surface area contributed by atoms with Gasteiger partial charge in [-0.15, -0.1) is 0 Å². The Morgan fingerprint density at radius 3 is 2.50 bits per heavy atom. The number of H-pyrrole nitrogens is 1. The summed E-state index contributed by atoms with van der Waals surface area (Å²) in [4.78, 5) is 30.1. The number of para-hydroxylation sites is 1. The van der Waals surface area contributed by atoms with Gasteiger partial charge in [0.15, 0.2) is 0 Å². The number of likely N-dealkylation sites (tertiary alicyclic amines) is 1. The Morgan fingerprint density at radius 2 is 1.84 bits per heavy atom. The van der Waals surface area contributed by atoms with Gasteiger partial charge >= 0.3 is 12.1 Å². The molecule has 4 rings (SSSR count). The van der Waals surface area contributed by atoms with Crippen LogP contribution in [0.4, 0.5) is 13.2 Å². The molecule has 2 aromatic carbocycles. The average Bonchev–Trinajstić information content (AvgIpc) is 3.42. The fraction of sp³-hybridized carbons (Fsp3) is 0.429. The maximum absolute atomic E-state index is 13.4. The number of halogens is 4. The molecule has 0 aliphatic carbocycles. The Hall–Kier alpha value is -3.04. The van der Waals surface area contributed by atoms with Crippen LogP contribution in [0.2, 0.25) is 5.02 Å². The van der Waals surface area contributed by atoms with E-state index in [0.29, 0.717) is 22.6 Å². The highest BCUT2D eigenvalue weighted by molar-refractivity contribution is 6.30.